The topological polar surface area (TPSA) is 64.6 Å². The van der Waals surface area contributed by atoms with Crippen LogP contribution in [0.1, 0.15) is 15.2 Å². The molecule has 0 bridgehead atoms. The second-order valence-electron chi connectivity index (χ2n) is 4.43. The lowest BCUT2D eigenvalue weighted by atomic mass is 10.1. The first-order chi connectivity index (χ1) is 11.0. The Morgan fingerprint density at radius 2 is 1.78 bits per heavy atom. The molecule has 5 nitrogen and oxygen atoms in total. The minimum atomic E-state index is -0.517. The van der Waals surface area contributed by atoms with Crippen LogP contribution in [0, 0.1) is 0 Å². The maximum Gasteiger partial charge on any atom is 0.350 e. The van der Waals surface area contributed by atoms with E-state index in [0.29, 0.717) is 31.9 Å². The van der Waals surface area contributed by atoms with E-state index in [9.17, 15) is 9.59 Å². The highest BCUT2D eigenvalue weighted by atomic mass is 35.5. The van der Waals surface area contributed by atoms with Gasteiger partial charge in [0.05, 0.1) is 42.1 Å². The fraction of sp³-hybridized carbons (Fsp3) is 0.200. The first kappa shape index (κ1) is 17.6. The molecule has 8 heteroatoms. The summed E-state index contributed by atoms with van der Waals surface area (Å²) in [6, 6.07) is 5.04. The molecule has 0 spiro atoms. The molecule has 1 heterocycles. The Morgan fingerprint density at radius 1 is 1.13 bits per heavy atom. The van der Waals surface area contributed by atoms with E-state index in [2.05, 4.69) is 10.1 Å². The molecule has 1 aromatic heterocycles. The summed E-state index contributed by atoms with van der Waals surface area (Å²) in [6.07, 6.45) is 0.00833. The molecule has 0 aliphatic carbocycles. The number of para-hydroxylation sites is 1. The largest absolute Gasteiger partial charge is 0.469 e. The van der Waals surface area contributed by atoms with Crippen molar-refractivity contribution in [3.8, 4) is 0 Å². The van der Waals surface area contributed by atoms with E-state index in [1.54, 1.807) is 23.6 Å². The normalized spacial score (nSPS) is 10.3. The van der Waals surface area contributed by atoms with Crippen LogP contribution >= 0.6 is 34.5 Å². The molecule has 0 atom stereocenters. The number of rotatable bonds is 5. The van der Waals surface area contributed by atoms with Gasteiger partial charge in [0, 0.05) is 0 Å². The SMILES string of the molecule is COC(=O)Cc1csc(C(=O)OC)c1Nc1c(Cl)cccc1Cl. The van der Waals surface area contributed by atoms with Gasteiger partial charge in [0.15, 0.2) is 0 Å². The second kappa shape index (κ2) is 7.68. The summed E-state index contributed by atoms with van der Waals surface area (Å²) in [5.41, 5.74) is 1.48. The van der Waals surface area contributed by atoms with E-state index in [0.717, 1.165) is 11.3 Å². The molecular formula is C15H13Cl2NO4S. The van der Waals surface area contributed by atoms with Gasteiger partial charge in [-0.1, -0.05) is 29.3 Å². The second-order valence-corrected chi connectivity index (χ2v) is 6.13. The maximum atomic E-state index is 11.9. The van der Waals surface area contributed by atoms with Crippen LogP contribution in [0.5, 0.6) is 0 Å². The minimum absolute atomic E-state index is 0.00833. The lowest BCUT2D eigenvalue weighted by Crippen LogP contribution is -2.08. The smallest absolute Gasteiger partial charge is 0.350 e. The third kappa shape index (κ3) is 3.96. The van der Waals surface area contributed by atoms with Gasteiger partial charge < -0.3 is 14.8 Å². The van der Waals surface area contributed by atoms with E-state index >= 15 is 0 Å². The highest BCUT2D eigenvalue weighted by Gasteiger charge is 2.22. The van der Waals surface area contributed by atoms with Crippen LogP contribution < -0.4 is 5.32 Å². The Bertz CT molecular complexity index is 725. The van der Waals surface area contributed by atoms with Gasteiger partial charge in [0.25, 0.3) is 0 Å². The summed E-state index contributed by atoms with van der Waals surface area (Å²) in [6.45, 7) is 0. The quantitative estimate of drug-likeness (QED) is 0.791. The van der Waals surface area contributed by atoms with E-state index in [1.807, 2.05) is 0 Å². The predicted octanol–water partition coefficient (Wildman–Crippen LogP) is 4.30. The zero-order valence-electron chi connectivity index (χ0n) is 12.3. The first-order valence-electron chi connectivity index (χ1n) is 6.44. The predicted molar refractivity (Wildman–Crippen MR) is 91.1 cm³/mol. The van der Waals surface area contributed by atoms with Crippen LogP contribution in [-0.2, 0) is 20.7 Å². The average Bonchev–Trinajstić information content (AvgIpc) is 2.92. The third-order valence-corrected chi connectivity index (χ3v) is 4.65. The number of thiophene rings is 1. The zero-order chi connectivity index (χ0) is 17.0. The molecule has 0 amide bonds. The van der Waals surface area contributed by atoms with E-state index < -0.39 is 11.9 Å². The maximum absolute atomic E-state index is 11.9. The number of ether oxygens (including phenoxy) is 2. The highest BCUT2D eigenvalue weighted by molar-refractivity contribution is 7.12. The number of hydrogen-bond acceptors (Lipinski definition) is 6. The summed E-state index contributed by atoms with van der Waals surface area (Å²) in [7, 11) is 2.59. The highest BCUT2D eigenvalue weighted by Crippen LogP contribution is 2.37. The van der Waals surface area contributed by atoms with Gasteiger partial charge in [-0.15, -0.1) is 11.3 Å². The van der Waals surface area contributed by atoms with Gasteiger partial charge in [0.2, 0.25) is 0 Å². The fourth-order valence-corrected chi connectivity index (χ4v) is 3.31. The van der Waals surface area contributed by atoms with Crippen molar-refractivity contribution in [1.82, 2.24) is 0 Å². The van der Waals surface area contributed by atoms with Gasteiger partial charge >= 0.3 is 11.9 Å². The summed E-state index contributed by atoms with van der Waals surface area (Å²) in [5.74, 6) is -0.940. The molecule has 0 aliphatic heterocycles. The molecule has 0 saturated heterocycles. The number of methoxy groups -OCH3 is 2. The van der Waals surface area contributed by atoms with Crippen molar-refractivity contribution in [3.05, 3.63) is 44.1 Å². The van der Waals surface area contributed by atoms with E-state index in [1.165, 1.54) is 14.2 Å². The molecule has 0 unspecified atom stereocenters. The Hall–Kier alpha value is -1.76. The van der Waals surface area contributed by atoms with Crippen LogP contribution in [0.3, 0.4) is 0 Å². The lowest BCUT2D eigenvalue weighted by Gasteiger charge is -2.12. The monoisotopic (exact) mass is 373 g/mol. The van der Waals surface area contributed by atoms with E-state index in [4.69, 9.17) is 27.9 Å². The van der Waals surface area contributed by atoms with Crippen molar-refractivity contribution in [2.75, 3.05) is 19.5 Å². The summed E-state index contributed by atoms with van der Waals surface area (Å²) in [5, 5.41) is 5.52. The number of carbonyl (C=O) groups is 2. The Kier molecular flexibility index (Phi) is 5.87. The van der Waals surface area contributed by atoms with Crippen molar-refractivity contribution in [2.45, 2.75) is 6.42 Å². The average molecular weight is 374 g/mol. The minimum Gasteiger partial charge on any atom is -0.469 e. The van der Waals surface area contributed by atoms with Crippen LogP contribution in [0.25, 0.3) is 0 Å². The van der Waals surface area contributed by atoms with Crippen LogP contribution in [0.15, 0.2) is 23.6 Å². The molecule has 23 heavy (non-hydrogen) atoms. The summed E-state index contributed by atoms with van der Waals surface area (Å²) < 4.78 is 9.44. The molecule has 2 aromatic rings. The van der Waals surface area contributed by atoms with Crippen molar-refractivity contribution >= 4 is 57.9 Å². The lowest BCUT2D eigenvalue weighted by molar-refractivity contribution is -0.139. The van der Waals surface area contributed by atoms with Gasteiger partial charge in [-0.25, -0.2) is 4.79 Å². The fourth-order valence-electron chi connectivity index (χ4n) is 1.87. The molecule has 0 aliphatic rings. The van der Waals surface area contributed by atoms with Gasteiger partial charge in [-0.2, -0.15) is 0 Å². The van der Waals surface area contributed by atoms with Crippen LogP contribution in [0.2, 0.25) is 10.0 Å². The molecule has 122 valence electrons. The molecular weight excluding hydrogens is 361 g/mol. The van der Waals surface area contributed by atoms with E-state index in [-0.39, 0.29) is 6.42 Å². The molecule has 0 saturated carbocycles. The molecule has 0 radical (unpaired) electrons. The number of anilines is 2. The third-order valence-electron chi connectivity index (χ3n) is 3.01. The Balaban J connectivity index is 2.47. The van der Waals surface area contributed by atoms with Crippen molar-refractivity contribution < 1.29 is 19.1 Å². The Labute approximate surface area is 147 Å². The number of benzene rings is 1. The Morgan fingerprint density at radius 3 is 2.35 bits per heavy atom. The first-order valence-corrected chi connectivity index (χ1v) is 8.08. The van der Waals surface area contributed by atoms with Gasteiger partial charge in [-0.3, -0.25) is 4.79 Å². The standard InChI is InChI=1S/C15H13Cl2NO4S/c1-21-11(19)6-8-7-23-14(15(20)22-2)12(8)18-13-9(16)4-3-5-10(13)17/h3-5,7,18H,6H2,1-2H3. The van der Waals surface area contributed by atoms with Crippen LogP contribution in [0.4, 0.5) is 11.4 Å². The number of carbonyl (C=O) groups excluding carboxylic acids is 2. The van der Waals surface area contributed by atoms with Crippen molar-refractivity contribution in [3.63, 3.8) is 0 Å². The molecule has 2 rings (SSSR count). The molecule has 1 N–H and O–H groups in total. The molecule has 0 fully saturated rings. The van der Waals surface area contributed by atoms with Gasteiger partial charge in [0.1, 0.15) is 4.88 Å². The number of nitrogens with one attached hydrogen (secondary N) is 1. The summed E-state index contributed by atoms with van der Waals surface area (Å²) in [4.78, 5) is 23.8. The number of halogens is 2. The van der Waals surface area contributed by atoms with Gasteiger partial charge in [-0.05, 0) is 23.1 Å². The van der Waals surface area contributed by atoms with Crippen molar-refractivity contribution in [1.29, 1.82) is 0 Å². The number of esters is 2. The van der Waals surface area contributed by atoms with Crippen molar-refractivity contribution in [2.24, 2.45) is 0 Å². The summed E-state index contributed by atoms with van der Waals surface area (Å²) >= 11 is 13.5. The number of hydrogen-bond donors (Lipinski definition) is 1. The van der Waals surface area contributed by atoms with Crippen LogP contribution in [-0.4, -0.2) is 26.2 Å². The molecule has 1 aromatic carbocycles. The zero-order valence-corrected chi connectivity index (χ0v) is 14.6.